The molecule has 18 heavy (non-hydrogen) atoms. The molecule has 8 nitrogen and oxygen atoms in total. The fraction of sp³-hybridized carbons (Fsp3) is 0.556. The summed E-state index contributed by atoms with van der Waals surface area (Å²) in [5.41, 5.74) is 0. The van der Waals surface area contributed by atoms with Crippen LogP contribution in [0.4, 0.5) is 10.7 Å². The molecule has 2 rings (SSSR count). The van der Waals surface area contributed by atoms with Crippen molar-refractivity contribution in [2.24, 2.45) is 7.05 Å². The lowest BCUT2D eigenvalue weighted by molar-refractivity contribution is -0.141. The van der Waals surface area contributed by atoms with E-state index in [0.717, 1.165) is 5.75 Å². The second-order valence-electron chi connectivity index (χ2n) is 3.76. The van der Waals surface area contributed by atoms with E-state index in [4.69, 9.17) is 5.11 Å². The van der Waals surface area contributed by atoms with Gasteiger partial charge in [0.1, 0.15) is 12.4 Å². The first-order chi connectivity index (χ1) is 8.59. The number of rotatable bonds is 2. The van der Waals surface area contributed by atoms with Gasteiger partial charge < -0.3 is 10.0 Å². The molecule has 0 aliphatic carbocycles. The summed E-state index contributed by atoms with van der Waals surface area (Å²) in [6.07, 6.45) is 1.32. The van der Waals surface area contributed by atoms with Crippen LogP contribution in [0.5, 0.6) is 0 Å². The molecule has 98 valence electrons. The number of aryl methyl sites for hydroxylation is 1. The molecule has 1 fully saturated rings. The third-order valence-corrected chi connectivity index (χ3v) is 3.63. The molecule has 1 aliphatic heterocycles. The third-order valence-electron chi connectivity index (χ3n) is 2.60. The van der Waals surface area contributed by atoms with Crippen LogP contribution >= 0.6 is 11.8 Å². The summed E-state index contributed by atoms with van der Waals surface area (Å²) in [5, 5.41) is 15.4. The van der Waals surface area contributed by atoms with Crippen LogP contribution in [-0.2, 0) is 11.8 Å². The van der Waals surface area contributed by atoms with E-state index < -0.39 is 18.0 Å². The number of hydrogen-bond donors (Lipinski definition) is 2. The lowest BCUT2D eigenvalue weighted by atomic mass is 10.3. The summed E-state index contributed by atoms with van der Waals surface area (Å²) in [6.45, 7) is 0.408. The molecule has 2 N–H and O–H groups in total. The minimum absolute atomic E-state index is 0.294. The second kappa shape index (κ2) is 5.25. The van der Waals surface area contributed by atoms with Crippen LogP contribution in [0.2, 0.25) is 0 Å². The molecule has 1 aliphatic rings. The minimum Gasteiger partial charge on any atom is -0.480 e. The van der Waals surface area contributed by atoms with Crippen LogP contribution in [0.3, 0.4) is 0 Å². The molecule has 1 atom stereocenters. The monoisotopic (exact) mass is 271 g/mol. The first kappa shape index (κ1) is 12.7. The number of carbonyl (C=O) groups is 2. The average Bonchev–Trinajstić information content (AvgIpc) is 2.75. The molecule has 0 spiro atoms. The molecular formula is C9H13N5O3S. The highest BCUT2D eigenvalue weighted by molar-refractivity contribution is 7.99. The Morgan fingerprint density at radius 2 is 2.39 bits per heavy atom. The van der Waals surface area contributed by atoms with Crippen molar-refractivity contribution >= 4 is 29.7 Å². The number of amides is 2. The number of carbonyl (C=O) groups excluding carboxylic acids is 1. The maximum absolute atomic E-state index is 12.0. The maximum Gasteiger partial charge on any atom is 0.327 e. The van der Waals surface area contributed by atoms with Crippen LogP contribution in [-0.4, -0.2) is 60.9 Å². The van der Waals surface area contributed by atoms with Crippen LogP contribution in [0.15, 0.2) is 6.33 Å². The van der Waals surface area contributed by atoms with Crippen molar-refractivity contribution < 1.29 is 14.7 Å². The zero-order valence-electron chi connectivity index (χ0n) is 9.74. The van der Waals surface area contributed by atoms with E-state index in [-0.39, 0.29) is 0 Å². The van der Waals surface area contributed by atoms with Gasteiger partial charge in [-0.25, -0.2) is 14.3 Å². The summed E-state index contributed by atoms with van der Waals surface area (Å²) in [7, 11) is 1.64. The van der Waals surface area contributed by atoms with Crippen molar-refractivity contribution in [3.05, 3.63) is 6.33 Å². The quantitative estimate of drug-likeness (QED) is 0.776. The Bertz CT molecular complexity index is 463. The molecule has 1 aromatic heterocycles. The number of anilines is 1. The molecule has 0 aromatic carbocycles. The molecule has 0 bridgehead atoms. The van der Waals surface area contributed by atoms with Crippen molar-refractivity contribution in [1.82, 2.24) is 19.7 Å². The Hall–Kier alpha value is -1.77. The van der Waals surface area contributed by atoms with Gasteiger partial charge in [0.15, 0.2) is 0 Å². The van der Waals surface area contributed by atoms with Crippen molar-refractivity contribution in [2.45, 2.75) is 6.04 Å². The zero-order chi connectivity index (χ0) is 13.1. The Labute approximate surface area is 107 Å². The number of urea groups is 1. The van der Waals surface area contributed by atoms with Gasteiger partial charge in [-0.3, -0.25) is 5.32 Å². The largest absolute Gasteiger partial charge is 0.480 e. The van der Waals surface area contributed by atoms with E-state index in [1.165, 1.54) is 27.7 Å². The maximum atomic E-state index is 12.0. The highest BCUT2D eigenvalue weighted by Crippen LogP contribution is 2.17. The van der Waals surface area contributed by atoms with Crippen molar-refractivity contribution in [3.63, 3.8) is 0 Å². The molecule has 0 radical (unpaired) electrons. The summed E-state index contributed by atoms with van der Waals surface area (Å²) in [4.78, 5) is 28.2. The van der Waals surface area contributed by atoms with Crippen LogP contribution in [0, 0.1) is 0 Å². The number of thioether (sulfide) groups is 1. The van der Waals surface area contributed by atoms with E-state index in [2.05, 4.69) is 15.4 Å². The van der Waals surface area contributed by atoms with Crippen molar-refractivity contribution in [1.29, 1.82) is 0 Å². The summed E-state index contributed by atoms with van der Waals surface area (Å²) in [6, 6.07) is -1.25. The van der Waals surface area contributed by atoms with E-state index in [9.17, 15) is 9.59 Å². The lowest BCUT2D eigenvalue weighted by Crippen LogP contribution is -2.52. The minimum atomic E-state index is -0.990. The predicted molar refractivity (Wildman–Crippen MR) is 65.5 cm³/mol. The number of nitrogens with one attached hydrogen (secondary N) is 1. The number of aromatic nitrogens is 3. The number of carboxylic acids is 1. The first-order valence-electron chi connectivity index (χ1n) is 5.31. The van der Waals surface area contributed by atoms with E-state index in [0.29, 0.717) is 18.2 Å². The van der Waals surface area contributed by atoms with E-state index >= 15 is 0 Å². The number of nitrogens with zero attached hydrogens (tertiary/aromatic N) is 4. The van der Waals surface area contributed by atoms with Crippen molar-refractivity contribution in [3.8, 4) is 0 Å². The van der Waals surface area contributed by atoms with E-state index in [1.54, 1.807) is 7.05 Å². The molecule has 1 saturated heterocycles. The second-order valence-corrected chi connectivity index (χ2v) is 4.91. The van der Waals surface area contributed by atoms with Gasteiger partial charge in [-0.15, -0.1) is 0 Å². The first-order valence-corrected chi connectivity index (χ1v) is 6.47. The molecule has 1 aromatic rings. The van der Waals surface area contributed by atoms with Gasteiger partial charge in [-0.05, 0) is 0 Å². The standard InChI is InChI=1S/C9H13N5O3S/c1-13-8(10-5-11-13)12-9(17)14-2-3-18-4-6(14)7(15)16/h5-6H,2-4H2,1H3,(H,15,16)(H,10,11,12,17). The van der Waals surface area contributed by atoms with Gasteiger partial charge in [-0.1, -0.05) is 0 Å². The van der Waals surface area contributed by atoms with Crippen LogP contribution in [0.25, 0.3) is 0 Å². The summed E-state index contributed by atoms with van der Waals surface area (Å²) >= 11 is 1.53. The molecule has 2 heterocycles. The Balaban J connectivity index is 2.07. The fourth-order valence-electron chi connectivity index (χ4n) is 1.63. The van der Waals surface area contributed by atoms with Gasteiger partial charge in [0.2, 0.25) is 5.95 Å². The number of aliphatic carboxylic acids is 1. The van der Waals surface area contributed by atoms with Crippen LogP contribution < -0.4 is 5.32 Å². The van der Waals surface area contributed by atoms with Gasteiger partial charge in [0.25, 0.3) is 0 Å². The molecular weight excluding hydrogens is 258 g/mol. The SMILES string of the molecule is Cn1ncnc1NC(=O)N1CCSCC1C(=O)O. The van der Waals surface area contributed by atoms with Crippen LogP contribution in [0.1, 0.15) is 0 Å². The van der Waals surface area contributed by atoms with Crippen molar-refractivity contribution in [2.75, 3.05) is 23.4 Å². The van der Waals surface area contributed by atoms with Gasteiger partial charge in [0.05, 0.1) is 0 Å². The van der Waals surface area contributed by atoms with Gasteiger partial charge >= 0.3 is 12.0 Å². The fourth-order valence-corrected chi connectivity index (χ4v) is 2.67. The lowest BCUT2D eigenvalue weighted by Gasteiger charge is -2.32. The van der Waals surface area contributed by atoms with Gasteiger partial charge in [0, 0.05) is 25.1 Å². The number of hydrogen-bond acceptors (Lipinski definition) is 5. The Morgan fingerprint density at radius 3 is 3.00 bits per heavy atom. The smallest absolute Gasteiger partial charge is 0.327 e. The summed E-state index contributed by atoms with van der Waals surface area (Å²) in [5.74, 6) is 0.440. The average molecular weight is 271 g/mol. The normalized spacial score (nSPS) is 19.6. The highest BCUT2D eigenvalue weighted by atomic mass is 32.2. The molecule has 0 saturated carbocycles. The van der Waals surface area contributed by atoms with Gasteiger partial charge in [-0.2, -0.15) is 21.8 Å². The predicted octanol–water partition coefficient (Wildman–Crippen LogP) is -0.151. The summed E-state index contributed by atoms with van der Waals surface area (Å²) < 4.78 is 1.41. The highest BCUT2D eigenvalue weighted by Gasteiger charge is 2.32. The Kier molecular flexibility index (Phi) is 3.70. The molecule has 2 amide bonds. The zero-order valence-corrected chi connectivity index (χ0v) is 10.6. The molecule has 9 heteroatoms. The van der Waals surface area contributed by atoms with E-state index in [1.807, 2.05) is 0 Å². The third kappa shape index (κ3) is 2.55. The topological polar surface area (TPSA) is 100 Å². The number of carboxylic acid groups (broad SMARTS) is 1. The Morgan fingerprint density at radius 1 is 1.61 bits per heavy atom. The molecule has 1 unspecified atom stereocenters.